The Morgan fingerprint density at radius 2 is 2.12 bits per heavy atom. The second-order valence-electron chi connectivity index (χ2n) is 5.53. The highest BCUT2D eigenvalue weighted by Gasteiger charge is 2.22. The van der Waals surface area contributed by atoms with E-state index in [1.54, 1.807) is 0 Å². The molecule has 0 bridgehead atoms. The summed E-state index contributed by atoms with van der Waals surface area (Å²) in [6.45, 7) is 9.40. The molecule has 16 heavy (non-hydrogen) atoms. The van der Waals surface area contributed by atoms with Gasteiger partial charge in [0.1, 0.15) is 0 Å². The number of nitrogens with one attached hydrogen (secondary N) is 1. The van der Waals surface area contributed by atoms with Crippen LogP contribution in [0, 0.1) is 5.92 Å². The molecule has 1 aliphatic heterocycles. The maximum atomic E-state index is 3.67. The van der Waals surface area contributed by atoms with Crippen molar-refractivity contribution < 1.29 is 0 Å². The Balaban J connectivity index is 2.29. The fourth-order valence-electron chi connectivity index (χ4n) is 2.77. The predicted octanol–water partition coefficient (Wildman–Crippen LogP) is 2.89. The number of nitrogens with zero attached hydrogens (tertiary/aromatic N) is 1. The molecule has 2 nitrogen and oxygen atoms in total. The van der Waals surface area contributed by atoms with Crippen LogP contribution >= 0.6 is 0 Å². The Hall–Kier alpha value is -0.0800. The van der Waals surface area contributed by atoms with Crippen molar-refractivity contribution in [1.82, 2.24) is 10.2 Å². The molecule has 0 aromatic carbocycles. The van der Waals surface area contributed by atoms with Crippen molar-refractivity contribution in [1.29, 1.82) is 0 Å². The second kappa shape index (κ2) is 7.29. The molecule has 3 unspecified atom stereocenters. The van der Waals surface area contributed by atoms with Gasteiger partial charge < -0.3 is 10.2 Å². The lowest BCUT2D eigenvalue weighted by atomic mass is 9.90. The van der Waals surface area contributed by atoms with Gasteiger partial charge in [-0.05, 0) is 45.7 Å². The van der Waals surface area contributed by atoms with Crippen LogP contribution < -0.4 is 5.32 Å². The normalized spacial score (nSPS) is 28.3. The van der Waals surface area contributed by atoms with E-state index in [0.717, 1.165) is 18.0 Å². The van der Waals surface area contributed by atoms with Crippen LogP contribution in [0.5, 0.6) is 0 Å². The third kappa shape index (κ3) is 4.42. The molecule has 0 spiro atoms. The molecule has 1 heterocycles. The minimum Gasteiger partial charge on any atom is -0.313 e. The highest BCUT2D eigenvalue weighted by atomic mass is 15.1. The quantitative estimate of drug-likeness (QED) is 0.749. The summed E-state index contributed by atoms with van der Waals surface area (Å²) in [5.74, 6) is 0.959. The van der Waals surface area contributed by atoms with E-state index in [0.29, 0.717) is 0 Å². The van der Waals surface area contributed by atoms with E-state index < -0.39 is 0 Å². The van der Waals surface area contributed by atoms with E-state index >= 15 is 0 Å². The van der Waals surface area contributed by atoms with Crippen LogP contribution in [-0.4, -0.2) is 37.1 Å². The largest absolute Gasteiger partial charge is 0.313 e. The minimum atomic E-state index is 0.725. The van der Waals surface area contributed by atoms with E-state index in [2.05, 4.69) is 38.0 Å². The molecule has 1 fully saturated rings. The van der Waals surface area contributed by atoms with Gasteiger partial charge in [-0.15, -0.1) is 0 Å². The van der Waals surface area contributed by atoms with Crippen LogP contribution in [0.3, 0.4) is 0 Å². The molecule has 96 valence electrons. The maximum absolute atomic E-state index is 3.67. The van der Waals surface area contributed by atoms with Crippen molar-refractivity contribution in [2.75, 3.05) is 20.1 Å². The Morgan fingerprint density at radius 3 is 2.75 bits per heavy atom. The van der Waals surface area contributed by atoms with Crippen LogP contribution in [0.1, 0.15) is 52.9 Å². The van der Waals surface area contributed by atoms with Crippen LogP contribution in [0.25, 0.3) is 0 Å². The number of likely N-dealkylation sites (N-methyl/N-ethyl adjacent to an activating group) is 1. The summed E-state index contributed by atoms with van der Waals surface area (Å²) in [6.07, 6.45) is 6.72. The summed E-state index contributed by atoms with van der Waals surface area (Å²) >= 11 is 0. The monoisotopic (exact) mass is 226 g/mol. The van der Waals surface area contributed by atoms with Gasteiger partial charge in [0.05, 0.1) is 0 Å². The highest BCUT2D eigenvalue weighted by Crippen LogP contribution is 2.20. The summed E-state index contributed by atoms with van der Waals surface area (Å²) < 4.78 is 0. The van der Waals surface area contributed by atoms with Crippen LogP contribution in [0.2, 0.25) is 0 Å². The van der Waals surface area contributed by atoms with E-state index in [9.17, 15) is 0 Å². The molecule has 1 rings (SSSR count). The van der Waals surface area contributed by atoms with Crippen LogP contribution in [0.4, 0.5) is 0 Å². The number of rotatable bonds is 6. The third-order valence-corrected chi connectivity index (χ3v) is 4.15. The molecule has 0 saturated carbocycles. The molecule has 3 atom stereocenters. The van der Waals surface area contributed by atoms with Crippen molar-refractivity contribution in [2.24, 2.45) is 5.92 Å². The van der Waals surface area contributed by atoms with Crippen molar-refractivity contribution in [3.8, 4) is 0 Å². The molecule has 1 saturated heterocycles. The Bertz CT molecular complexity index is 182. The first-order valence-electron chi connectivity index (χ1n) is 7.10. The van der Waals surface area contributed by atoms with E-state index in [1.807, 2.05) is 0 Å². The topological polar surface area (TPSA) is 15.3 Å². The molecule has 0 radical (unpaired) electrons. The van der Waals surface area contributed by atoms with Crippen LogP contribution in [-0.2, 0) is 0 Å². The Morgan fingerprint density at radius 1 is 1.38 bits per heavy atom. The molecule has 0 aromatic rings. The van der Waals surface area contributed by atoms with Gasteiger partial charge in [0.25, 0.3) is 0 Å². The molecule has 0 aromatic heterocycles. The van der Waals surface area contributed by atoms with E-state index in [-0.39, 0.29) is 0 Å². The van der Waals surface area contributed by atoms with E-state index in [1.165, 1.54) is 45.2 Å². The van der Waals surface area contributed by atoms with Crippen LogP contribution in [0.15, 0.2) is 0 Å². The van der Waals surface area contributed by atoms with Gasteiger partial charge in [-0.1, -0.05) is 26.7 Å². The molecular formula is C14H30N2. The van der Waals surface area contributed by atoms with Crippen molar-refractivity contribution >= 4 is 0 Å². The first-order valence-corrected chi connectivity index (χ1v) is 7.10. The smallest absolute Gasteiger partial charge is 0.0197 e. The fraction of sp³-hybridized carbons (Fsp3) is 1.00. The van der Waals surface area contributed by atoms with Gasteiger partial charge in [-0.2, -0.15) is 0 Å². The molecule has 0 amide bonds. The first kappa shape index (κ1) is 14.0. The van der Waals surface area contributed by atoms with Crippen molar-refractivity contribution in [2.45, 2.75) is 65.0 Å². The second-order valence-corrected chi connectivity index (χ2v) is 5.53. The van der Waals surface area contributed by atoms with Gasteiger partial charge in [0.15, 0.2) is 0 Å². The zero-order chi connectivity index (χ0) is 12.0. The average molecular weight is 226 g/mol. The zero-order valence-electron chi connectivity index (χ0n) is 11.6. The lowest BCUT2D eigenvalue weighted by molar-refractivity contribution is 0.185. The summed E-state index contributed by atoms with van der Waals surface area (Å²) in [7, 11) is 2.28. The van der Waals surface area contributed by atoms with Crippen molar-refractivity contribution in [3.05, 3.63) is 0 Å². The zero-order valence-corrected chi connectivity index (χ0v) is 11.6. The molecule has 1 aliphatic rings. The van der Waals surface area contributed by atoms with Crippen molar-refractivity contribution in [3.63, 3.8) is 0 Å². The third-order valence-electron chi connectivity index (χ3n) is 4.15. The summed E-state index contributed by atoms with van der Waals surface area (Å²) in [4.78, 5) is 2.53. The van der Waals surface area contributed by atoms with Gasteiger partial charge in [0, 0.05) is 18.6 Å². The number of piperidine rings is 1. The van der Waals surface area contributed by atoms with Gasteiger partial charge in [-0.25, -0.2) is 0 Å². The predicted molar refractivity (Wildman–Crippen MR) is 71.8 cm³/mol. The fourth-order valence-corrected chi connectivity index (χ4v) is 2.77. The minimum absolute atomic E-state index is 0.725. The van der Waals surface area contributed by atoms with Gasteiger partial charge >= 0.3 is 0 Å². The standard InChI is InChI=1S/C14H30N2/c1-5-7-12(3)16(4)11-14-10-13(6-2)8-9-15-14/h12-15H,5-11H2,1-4H3. The van der Waals surface area contributed by atoms with Gasteiger partial charge in [-0.3, -0.25) is 0 Å². The lowest BCUT2D eigenvalue weighted by Gasteiger charge is -2.34. The number of hydrogen-bond donors (Lipinski definition) is 1. The molecule has 1 N–H and O–H groups in total. The SMILES string of the molecule is CCCC(C)N(C)CC1CC(CC)CCN1. The number of hydrogen-bond acceptors (Lipinski definition) is 2. The Labute approximate surface area is 102 Å². The summed E-state index contributed by atoms with van der Waals surface area (Å²) in [6, 6.07) is 1.46. The first-order chi connectivity index (χ1) is 7.67. The highest BCUT2D eigenvalue weighted by molar-refractivity contribution is 4.81. The Kier molecular flexibility index (Phi) is 6.37. The summed E-state index contributed by atoms with van der Waals surface area (Å²) in [5.41, 5.74) is 0. The average Bonchev–Trinajstić information content (AvgIpc) is 2.29. The van der Waals surface area contributed by atoms with Gasteiger partial charge in [0.2, 0.25) is 0 Å². The van der Waals surface area contributed by atoms with E-state index in [4.69, 9.17) is 0 Å². The molecule has 2 heteroatoms. The lowest BCUT2D eigenvalue weighted by Crippen LogP contribution is -2.46. The maximum Gasteiger partial charge on any atom is 0.0197 e. The molecular weight excluding hydrogens is 196 g/mol. The summed E-state index contributed by atoms with van der Waals surface area (Å²) in [5, 5.41) is 3.67. The molecule has 0 aliphatic carbocycles.